The quantitative estimate of drug-likeness (QED) is 0.727. The Labute approximate surface area is 87.9 Å². The molecule has 80 valence electrons. The molecule has 0 radical (unpaired) electrons. The number of carbonyl (C=O) groups is 2. The number of nitrogens with zero attached hydrogens (tertiary/aromatic N) is 1. The number of pyridine rings is 1. The molecule has 2 amide bonds. The van der Waals surface area contributed by atoms with Crippen LogP contribution in [0.5, 0.6) is 0 Å². The van der Waals surface area contributed by atoms with Crippen molar-refractivity contribution in [3.63, 3.8) is 0 Å². The number of aromatic nitrogens is 1. The van der Waals surface area contributed by atoms with E-state index in [1.807, 2.05) is 6.92 Å². The van der Waals surface area contributed by atoms with Gasteiger partial charge in [-0.25, -0.2) is 0 Å². The van der Waals surface area contributed by atoms with Gasteiger partial charge in [-0.05, 0) is 19.1 Å². The van der Waals surface area contributed by atoms with Gasteiger partial charge >= 0.3 is 0 Å². The Bertz CT molecular complexity index is 338. The van der Waals surface area contributed by atoms with E-state index in [1.165, 1.54) is 6.20 Å². The lowest BCUT2D eigenvalue weighted by Gasteiger charge is -2.04. The van der Waals surface area contributed by atoms with Gasteiger partial charge in [-0.2, -0.15) is 0 Å². The molecule has 0 aliphatic carbocycles. The summed E-state index contributed by atoms with van der Waals surface area (Å²) >= 11 is 0. The summed E-state index contributed by atoms with van der Waals surface area (Å²) in [4.78, 5) is 26.3. The van der Waals surface area contributed by atoms with E-state index in [0.717, 1.165) is 0 Å². The van der Waals surface area contributed by atoms with Crippen LogP contribution < -0.4 is 10.6 Å². The van der Waals surface area contributed by atoms with E-state index < -0.39 is 0 Å². The number of hydrogen-bond acceptors (Lipinski definition) is 3. The first kappa shape index (κ1) is 11.2. The summed E-state index contributed by atoms with van der Waals surface area (Å²) in [5.41, 5.74) is 0.446. The molecule has 15 heavy (non-hydrogen) atoms. The van der Waals surface area contributed by atoms with Crippen molar-refractivity contribution < 1.29 is 9.59 Å². The zero-order chi connectivity index (χ0) is 11.1. The molecule has 0 saturated heterocycles. The molecular weight excluding hydrogens is 194 g/mol. The van der Waals surface area contributed by atoms with Crippen LogP contribution in [-0.4, -0.2) is 29.9 Å². The second kappa shape index (κ2) is 5.74. The highest BCUT2D eigenvalue weighted by atomic mass is 16.2. The minimum atomic E-state index is -0.297. The van der Waals surface area contributed by atoms with Crippen LogP contribution in [-0.2, 0) is 4.79 Å². The second-order valence-electron chi connectivity index (χ2n) is 2.88. The topological polar surface area (TPSA) is 71.1 Å². The van der Waals surface area contributed by atoms with E-state index in [1.54, 1.807) is 18.3 Å². The average Bonchev–Trinajstić information content (AvgIpc) is 2.27. The maximum absolute atomic E-state index is 11.4. The van der Waals surface area contributed by atoms with Gasteiger partial charge in [0.05, 0.1) is 12.1 Å². The Hall–Kier alpha value is -1.91. The summed E-state index contributed by atoms with van der Waals surface area (Å²) < 4.78 is 0. The monoisotopic (exact) mass is 207 g/mol. The fourth-order valence-corrected chi connectivity index (χ4v) is 1.02. The van der Waals surface area contributed by atoms with Crippen molar-refractivity contribution >= 4 is 11.8 Å². The zero-order valence-corrected chi connectivity index (χ0v) is 8.49. The third-order valence-electron chi connectivity index (χ3n) is 1.71. The molecule has 0 aromatic carbocycles. The highest BCUT2D eigenvalue weighted by Crippen LogP contribution is 1.94. The van der Waals surface area contributed by atoms with Crippen molar-refractivity contribution in [1.82, 2.24) is 15.6 Å². The Morgan fingerprint density at radius 2 is 2.20 bits per heavy atom. The lowest BCUT2D eigenvalue weighted by atomic mass is 10.3. The van der Waals surface area contributed by atoms with Crippen LogP contribution in [0.1, 0.15) is 17.3 Å². The van der Waals surface area contributed by atoms with E-state index in [0.29, 0.717) is 12.1 Å². The summed E-state index contributed by atoms with van der Waals surface area (Å²) in [5.74, 6) is -0.496. The molecule has 5 heteroatoms. The summed E-state index contributed by atoms with van der Waals surface area (Å²) in [7, 11) is 0. The van der Waals surface area contributed by atoms with Gasteiger partial charge in [0, 0.05) is 18.9 Å². The molecule has 1 aromatic rings. The number of rotatable bonds is 4. The molecule has 5 nitrogen and oxygen atoms in total. The first-order valence-corrected chi connectivity index (χ1v) is 4.69. The fraction of sp³-hybridized carbons (Fsp3) is 0.300. The summed E-state index contributed by atoms with van der Waals surface area (Å²) in [6.07, 6.45) is 3.04. The molecule has 0 aliphatic rings. The number of carbonyl (C=O) groups excluding carboxylic acids is 2. The Kier molecular flexibility index (Phi) is 4.28. The molecule has 2 N–H and O–H groups in total. The first-order chi connectivity index (χ1) is 7.24. The molecule has 0 aliphatic heterocycles. The van der Waals surface area contributed by atoms with Gasteiger partial charge < -0.3 is 10.6 Å². The van der Waals surface area contributed by atoms with Gasteiger partial charge in [-0.1, -0.05) is 0 Å². The average molecular weight is 207 g/mol. The van der Waals surface area contributed by atoms with Crippen molar-refractivity contribution in [2.75, 3.05) is 13.1 Å². The summed E-state index contributed by atoms with van der Waals surface area (Å²) in [6.45, 7) is 2.37. The van der Waals surface area contributed by atoms with Crippen molar-refractivity contribution in [3.8, 4) is 0 Å². The van der Waals surface area contributed by atoms with Gasteiger partial charge in [0.15, 0.2) is 0 Å². The predicted octanol–water partition coefficient (Wildman–Crippen LogP) is -0.0525. The van der Waals surface area contributed by atoms with Crippen LogP contribution in [0.3, 0.4) is 0 Å². The molecule has 0 bridgehead atoms. The van der Waals surface area contributed by atoms with Crippen LogP contribution in [0.15, 0.2) is 24.5 Å². The van der Waals surface area contributed by atoms with Crippen LogP contribution in [0.2, 0.25) is 0 Å². The number of amides is 2. The van der Waals surface area contributed by atoms with E-state index in [9.17, 15) is 9.59 Å². The molecule has 0 unspecified atom stereocenters. The lowest BCUT2D eigenvalue weighted by Crippen LogP contribution is -2.36. The summed E-state index contributed by atoms with van der Waals surface area (Å²) in [6, 6.07) is 3.31. The SMILES string of the molecule is CCNC(=O)CNC(=O)c1cccnc1. The van der Waals surface area contributed by atoms with Crippen molar-refractivity contribution in [2.24, 2.45) is 0 Å². The Morgan fingerprint density at radius 3 is 2.80 bits per heavy atom. The normalized spacial score (nSPS) is 9.40. The number of likely N-dealkylation sites (N-methyl/N-ethyl adjacent to an activating group) is 1. The maximum Gasteiger partial charge on any atom is 0.253 e. The van der Waals surface area contributed by atoms with Crippen LogP contribution >= 0.6 is 0 Å². The van der Waals surface area contributed by atoms with Gasteiger partial charge in [-0.3, -0.25) is 14.6 Å². The third kappa shape index (κ3) is 3.76. The molecule has 1 heterocycles. The standard InChI is InChI=1S/C10H13N3O2/c1-2-12-9(14)7-13-10(15)8-4-3-5-11-6-8/h3-6H,2,7H2,1H3,(H,12,14)(H,13,15). The molecular formula is C10H13N3O2. The Balaban J connectivity index is 2.40. The van der Waals surface area contributed by atoms with Gasteiger partial charge in [0.1, 0.15) is 0 Å². The van der Waals surface area contributed by atoms with Crippen molar-refractivity contribution in [1.29, 1.82) is 0 Å². The van der Waals surface area contributed by atoms with Crippen LogP contribution in [0, 0.1) is 0 Å². The molecule has 0 spiro atoms. The minimum Gasteiger partial charge on any atom is -0.355 e. The fourth-order valence-electron chi connectivity index (χ4n) is 1.02. The third-order valence-corrected chi connectivity index (χ3v) is 1.71. The van der Waals surface area contributed by atoms with Crippen LogP contribution in [0.4, 0.5) is 0 Å². The predicted molar refractivity (Wildman–Crippen MR) is 55.3 cm³/mol. The minimum absolute atomic E-state index is 0.0123. The van der Waals surface area contributed by atoms with E-state index in [2.05, 4.69) is 15.6 Å². The van der Waals surface area contributed by atoms with Gasteiger partial charge in [-0.15, -0.1) is 0 Å². The smallest absolute Gasteiger partial charge is 0.253 e. The molecule has 1 aromatic heterocycles. The zero-order valence-electron chi connectivity index (χ0n) is 8.49. The Morgan fingerprint density at radius 1 is 1.40 bits per heavy atom. The largest absolute Gasteiger partial charge is 0.355 e. The molecule has 1 rings (SSSR count). The van der Waals surface area contributed by atoms with E-state index in [-0.39, 0.29) is 18.4 Å². The highest BCUT2D eigenvalue weighted by Gasteiger charge is 2.06. The molecule has 0 fully saturated rings. The second-order valence-corrected chi connectivity index (χ2v) is 2.88. The first-order valence-electron chi connectivity index (χ1n) is 4.69. The van der Waals surface area contributed by atoms with Gasteiger partial charge in [0.2, 0.25) is 5.91 Å². The molecule has 0 atom stereocenters. The van der Waals surface area contributed by atoms with Gasteiger partial charge in [0.25, 0.3) is 5.91 Å². The van der Waals surface area contributed by atoms with Crippen molar-refractivity contribution in [2.45, 2.75) is 6.92 Å². The van der Waals surface area contributed by atoms with Crippen LogP contribution in [0.25, 0.3) is 0 Å². The number of hydrogen-bond donors (Lipinski definition) is 2. The highest BCUT2D eigenvalue weighted by molar-refractivity contribution is 5.96. The van der Waals surface area contributed by atoms with E-state index >= 15 is 0 Å². The maximum atomic E-state index is 11.4. The summed E-state index contributed by atoms with van der Waals surface area (Å²) in [5, 5.41) is 5.08. The van der Waals surface area contributed by atoms with E-state index in [4.69, 9.17) is 0 Å². The molecule has 0 saturated carbocycles. The lowest BCUT2D eigenvalue weighted by molar-refractivity contribution is -0.120. The number of nitrogens with one attached hydrogen (secondary N) is 2. The van der Waals surface area contributed by atoms with Crippen molar-refractivity contribution in [3.05, 3.63) is 30.1 Å².